The molecular formula is C12H15ClF3NO2S. The van der Waals surface area contributed by atoms with Crippen LogP contribution in [0.25, 0.3) is 0 Å². The minimum Gasteiger partial charge on any atom is -0.207 e. The first-order valence-corrected chi connectivity index (χ1v) is 7.92. The molecule has 0 saturated heterocycles. The Bertz CT molecular complexity index is 555. The van der Waals surface area contributed by atoms with Crippen molar-refractivity contribution >= 4 is 21.6 Å². The molecule has 0 bridgehead atoms. The summed E-state index contributed by atoms with van der Waals surface area (Å²) in [6.45, 7) is 3.71. The Morgan fingerprint density at radius 3 is 2.10 bits per heavy atom. The average molecular weight is 330 g/mol. The van der Waals surface area contributed by atoms with Crippen LogP contribution in [0.1, 0.15) is 20.3 Å². The van der Waals surface area contributed by atoms with Gasteiger partial charge in [-0.05, 0) is 12.3 Å². The van der Waals surface area contributed by atoms with E-state index in [2.05, 4.69) is 4.72 Å². The van der Waals surface area contributed by atoms with Crippen molar-refractivity contribution in [1.29, 1.82) is 0 Å². The van der Waals surface area contributed by atoms with E-state index in [-0.39, 0.29) is 11.8 Å². The van der Waals surface area contributed by atoms with Gasteiger partial charge in [0.15, 0.2) is 4.90 Å². The maximum Gasteiger partial charge on any atom is 0.246 e. The number of halogens is 4. The van der Waals surface area contributed by atoms with Gasteiger partial charge in [0, 0.05) is 24.1 Å². The van der Waals surface area contributed by atoms with Crippen LogP contribution in [0.2, 0.25) is 0 Å². The number of benzene rings is 1. The van der Waals surface area contributed by atoms with Crippen molar-refractivity contribution in [2.24, 2.45) is 5.92 Å². The number of rotatable bonds is 6. The Morgan fingerprint density at radius 2 is 1.70 bits per heavy atom. The molecule has 0 amide bonds. The zero-order valence-corrected chi connectivity index (χ0v) is 12.5. The predicted octanol–water partition coefficient (Wildman–Crippen LogP) is 3.04. The van der Waals surface area contributed by atoms with E-state index in [0.29, 0.717) is 18.6 Å². The Morgan fingerprint density at radius 1 is 1.20 bits per heavy atom. The van der Waals surface area contributed by atoms with Crippen molar-refractivity contribution in [3.05, 3.63) is 29.6 Å². The van der Waals surface area contributed by atoms with Crippen molar-refractivity contribution in [1.82, 2.24) is 4.72 Å². The van der Waals surface area contributed by atoms with Crippen LogP contribution in [0, 0.1) is 23.4 Å². The summed E-state index contributed by atoms with van der Waals surface area (Å²) in [5, 5.41) is 0. The monoisotopic (exact) mass is 329 g/mol. The summed E-state index contributed by atoms with van der Waals surface area (Å²) in [6, 6.07) is -0.0310. The first-order chi connectivity index (χ1) is 9.17. The molecule has 1 unspecified atom stereocenters. The van der Waals surface area contributed by atoms with E-state index < -0.39 is 38.4 Å². The van der Waals surface area contributed by atoms with E-state index in [1.807, 2.05) is 13.8 Å². The summed E-state index contributed by atoms with van der Waals surface area (Å²) in [4.78, 5) is -1.20. The number of hydrogen-bond donors (Lipinski definition) is 1. The van der Waals surface area contributed by atoms with Gasteiger partial charge in [-0.25, -0.2) is 26.3 Å². The maximum atomic E-state index is 13.5. The lowest BCUT2D eigenvalue weighted by Crippen LogP contribution is -2.38. The average Bonchev–Trinajstić information content (AvgIpc) is 2.24. The molecule has 1 N–H and O–H groups in total. The Kier molecular flexibility index (Phi) is 5.85. The van der Waals surface area contributed by atoms with Crippen LogP contribution in [0.4, 0.5) is 13.2 Å². The van der Waals surface area contributed by atoms with Gasteiger partial charge in [-0.15, -0.1) is 11.6 Å². The van der Waals surface area contributed by atoms with Crippen molar-refractivity contribution in [2.45, 2.75) is 31.2 Å². The molecule has 0 aliphatic rings. The van der Waals surface area contributed by atoms with Crippen LogP contribution in [-0.2, 0) is 10.0 Å². The lowest BCUT2D eigenvalue weighted by atomic mass is 10.1. The quantitative estimate of drug-likeness (QED) is 0.815. The largest absolute Gasteiger partial charge is 0.246 e. The second-order valence-electron chi connectivity index (χ2n) is 4.80. The molecule has 20 heavy (non-hydrogen) atoms. The van der Waals surface area contributed by atoms with Crippen LogP contribution in [-0.4, -0.2) is 20.3 Å². The highest BCUT2D eigenvalue weighted by Crippen LogP contribution is 2.21. The highest BCUT2D eigenvalue weighted by atomic mass is 35.5. The lowest BCUT2D eigenvalue weighted by Gasteiger charge is -2.18. The molecule has 0 aromatic heterocycles. The summed E-state index contributed by atoms with van der Waals surface area (Å²) in [5.74, 6) is -4.04. The number of alkyl halides is 1. The van der Waals surface area contributed by atoms with E-state index >= 15 is 0 Å². The minimum absolute atomic E-state index is 0.0398. The molecule has 114 valence electrons. The Labute approximate surface area is 121 Å². The third kappa shape index (κ3) is 4.36. The molecule has 3 nitrogen and oxygen atoms in total. The van der Waals surface area contributed by atoms with Crippen molar-refractivity contribution in [3.63, 3.8) is 0 Å². The summed E-state index contributed by atoms with van der Waals surface area (Å²) in [6.07, 6.45) is 0.410. The normalized spacial score (nSPS) is 13.8. The molecule has 0 heterocycles. The minimum atomic E-state index is -4.45. The standard InChI is InChI=1S/C12H15ClF3NO2S/c1-7(2)3-9(6-13)17-20(18,19)12-10(15)4-8(14)5-11(12)16/h4-5,7,9,17H,3,6H2,1-2H3. The van der Waals surface area contributed by atoms with Crippen LogP contribution >= 0.6 is 11.6 Å². The molecule has 0 aliphatic heterocycles. The molecule has 1 aromatic rings. The molecule has 0 radical (unpaired) electrons. The Balaban J connectivity index is 3.11. The van der Waals surface area contributed by atoms with Crippen molar-refractivity contribution in [3.8, 4) is 0 Å². The smallest absolute Gasteiger partial charge is 0.207 e. The molecule has 0 saturated carbocycles. The van der Waals surface area contributed by atoms with Gasteiger partial charge in [0.2, 0.25) is 10.0 Å². The van der Waals surface area contributed by atoms with Gasteiger partial charge < -0.3 is 0 Å². The van der Waals surface area contributed by atoms with E-state index in [1.165, 1.54) is 0 Å². The highest BCUT2D eigenvalue weighted by molar-refractivity contribution is 7.89. The summed E-state index contributed by atoms with van der Waals surface area (Å²) in [7, 11) is -4.45. The van der Waals surface area contributed by atoms with Gasteiger partial charge in [-0.2, -0.15) is 0 Å². The fourth-order valence-corrected chi connectivity index (χ4v) is 3.44. The molecule has 1 aromatic carbocycles. The number of sulfonamides is 1. The highest BCUT2D eigenvalue weighted by Gasteiger charge is 2.27. The maximum absolute atomic E-state index is 13.5. The fourth-order valence-electron chi connectivity index (χ4n) is 1.78. The van der Waals surface area contributed by atoms with Gasteiger partial charge in [0.05, 0.1) is 0 Å². The predicted molar refractivity (Wildman–Crippen MR) is 70.6 cm³/mol. The van der Waals surface area contributed by atoms with Gasteiger partial charge >= 0.3 is 0 Å². The van der Waals surface area contributed by atoms with E-state index in [0.717, 1.165) is 0 Å². The Hall–Kier alpha value is -0.790. The first-order valence-electron chi connectivity index (χ1n) is 5.90. The van der Waals surface area contributed by atoms with E-state index in [1.54, 1.807) is 0 Å². The summed E-state index contributed by atoms with van der Waals surface area (Å²) < 4.78 is 65.8. The van der Waals surface area contributed by atoms with E-state index in [4.69, 9.17) is 11.6 Å². The zero-order chi connectivity index (χ0) is 15.5. The summed E-state index contributed by atoms with van der Waals surface area (Å²) >= 11 is 5.64. The van der Waals surface area contributed by atoms with Crippen LogP contribution < -0.4 is 4.72 Å². The van der Waals surface area contributed by atoms with Gasteiger partial charge in [0.25, 0.3) is 0 Å². The summed E-state index contributed by atoms with van der Waals surface area (Å²) in [5.41, 5.74) is 0. The number of hydrogen-bond acceptors (Lipinski definition) is 2. The van der Waals surface area contributed by atoms with E-state index in [9.17, 15) is 21.6 Å². The zero-order valence-electron chi connectivity index (χ0n) is 11.0. The second-order valence-corrected chi connectivity index (χ2v) is 6.76. The second kappa shape index (κ2) is 6.78. The molecule has 0 spiro atoms. The van der Waals surface area contributed by atoms with Gasteiger partial charge in [-0.1, -0.05) is 13.8 Å². The van der Waals surface area contributed by atoms with Gasteiger partial charge in [0.1, 0.15) is 17.5 Å². The molecule has 0 fully saturated rings. The van der Waals surface area contributed by atoms with Crippen LogP contribution in [0.5, 0.6) is 0 Å². The molecular weight excluding hydrogens is 315 g/mol. The van der Waals surface area contributed by atoms with Crippen molar-refractivity contribution in [2.75, 3.05) is 5.88 Å². The van der Waals surface area contributed by atoms with Crippen LogP contribution in [0.3, 0.4) is 0 Å². The topological polar surface area (TPSA) is 46.2 Å². The van der Waals surface area contributed by atoms with Crippen molar-refractivity contribution < 1.29 is 21.6 Å². The fraction of sp³-hybridized carbons (Fsp3) is 0.500. The lowest BCUT2D eigenvalue weighted by molar-refractivity contribution is 0.470. The number of nitrogens with one attached hydrogen (secondary N) is 1. The SMILES string of the molecule is CC(C)CC(CCl)NS(=O)(=O)c1c(F)cc(F)cc1F. The third-order valence-corrected chi connectivity index (χ3v) is 4.44. The molecule has 8 heteroatoms. The first kappa shape index (κ1) is 17.3. The molecule has 0 aliphatic carbocycles. The molecule has 1 rings (SSSR count). The molecule has 1 atom stereocenters. The van der Waals surface area contributed by atoms with Gasteiger partial charge in [-0.3, -0.25) is 0 Å². The third-order valence-electron chi connectivity index (χ3n) is 2.50. The van der Waals surface area contributed by atoms with Crippen LogP contribution in [0.15, 0.2) is 17.0 Å².